The van der Waals surface area contributed by atoms with Crippen molar-refractivity contribution in [2.45, 2.75) is 50.3 Å². The summed E-state index contributed by atoms with van der Waals surface area (Å²) in [6.07, 6.45) is -5.85. The summed E-state index contributed by atoms with van der Waals surface area (Å²) in [5.74, 6) is -0.342. The van der Waals surface area contributed by atoms with Gasteiger partial charge in [0.1, 0.15) is 24.4 Å². The highest BCUT2D eigenvalue weighted by Gasteiger charge is 2.45. The molecule has 6 N–H and O–H groups in total. The van der Waals surface area contributed by atoms with Crippen LogP contribution in [0.15, 0.2) is 18.2 Å². The normalized spacial score (nSPS) is 32.6. The topological polar surface area (TPSA) is 131 Å². The SMILES string of the molecule is Cc1cc(B(O)O)ccc1C(C)[C@H]1OC(CO)[C@@H](O)[C@H](O)C1O. The minimum atomic E-state index is -1.56. The van der Waals surface area contributed by atoms with Crippen molar-refractivity contribution in [3.05, 3.63) is 29.3 Å². The second-order valence-electron chi connectivity index (χ2n) is 6.07. The van der Waals surface area contributed by atoms with E-state index in [1.54, 1.807) is 32.0 Å². The molecule has 7 nitrogen and oxygen atoms in total. The molecule has 1 fully saturated rings. The van der Waals surface area contributed by atoms with Crippen molar-refractivity contribution in [2.24, 2.45) is 0 Å². The van der Waals surface area contributed by atoms with Crippen molar-refractivity contribution >= 4 is 12.6 Å². The number of benzene rings is 1. The maximum Gasteiger partial charge on any atom is 0.488 e. The van der Waals surface area contributed by atoms with E-state index in [2.05, 4.69) is 0 Å². The highest BCUT2D eigenvalue weighted by atomic mass is 16.5. The summed E-state index contributed by atoms with van der Waals surface area (Å²) < 4.78 is 5.57. The van der Waals surface area contributed by atoms with E-state index in [0.717, 1.165) is 11.1 Å². The molecule has 0 bridgehead atoms. The minimum Gasteiger partial charge on any atom is -0.423 e. The van der Waals surface area contributed by atoms with E-state index in [0.29, 0.717) is 5.46 Å². The largest absolute Gasteiger partial charge is 0.488 e. The van der Waals surface area contributed by atoms with Crippen LogP contribution in [0, 0.1) is 6.92 Å². The Balaban J connectivity index is 2.26. The van der Waals surface area contributed by atoms with E-state index in [-0.39, 0.29) is 5.92 Å². The van der Waals surface area contributed by atoms with Crippen molar-refractivity contribution in [3.63, 3.8) is 0 Å². The fourth-order valence-electron chi connectivity index (χ4n) is 3.09. The summed E-state index contributed by atoms with van der Waals surface area (Å²) in [4.78, 5) is 0. The fourth-order valence-corrected chi connectivity index (χ4v) is 3.09. The number of aliphatic hydroxyl groups excluding tert-OH is 4. The van der Waals surface area contributed by atoms with Crippen molar-refractivity contribution in [1.82, 2.24) is 0 Å². The number of aliphatic hydroxyl groups is 4. The van der Waals surface area contributed by atoms with Gasteiger partial charge in [-0.2, -0.15) is 0 Å². The number of hydrogen-bond acceptors (Lipinski definition) is 7. The van der Waals surface area contributed by atoms with Gasteiger partial charge in [0, 0.05) is 5.92 Å². The maximum atomic E-state index is 10.2. The van der Waals surface area contributed by atoms with E-state index in [1.165, 1.54) is 0 Å². The second kappa shape index (κ2) is 7.27. The van der Waals surface area contributed by atoms with Gasteiger partial charge in [-0.1, -0.05) is 25.1 Å². The highest BCUT2D eigenvalue weighted by Crippen LogP contribution is 2.32. The molecule has 1 aromatic rings. The standard InChI is InChI=1S/C15H23BO7/c1-7-5-9(16(21)22)3-4-10(7)8(2)15-14(20)13(19)12(18)11(6-17)23-15/h3-5,8,11-15,17-22H,6H2,1-2H3/t8?,11?,12-,13+,14?,15-/m1/s1. The van der Waals surface area contributed by atoms with Crippen LogP contribution in [0.4, 0.5) is 0 Å². The predicted octanol–water partition coefficient (Wildman–Crippen LogP) is -2.38. The molecule has 6 atom stereocenters. The molecule has 0 aromatic heterocycles. The van der Waals surface area contributed by atoms with E-state index in [1.807, 2.05) is 0 Å². The molecule has 0 radical (unpaired) electrons. The molecule has 1 aliphatic heterocycles. The van der Waals surface area contributed by atoms with Crippen LogP contribution in [0.2, 0.25) is 0 Å². The van der Waals surface area contributed by atoms with Crippen LogP contribution in [0.5, 0.6) is 0 Å². The molecular formula is C15H23BO7. The predicted molar refractivity (Wildman–Crippen MR) is 83.2 cm³/mol. The Morgan fingerprint density at radius 3 is 2.30 bits per heavy atom. The molecule has 0 spiro atoms. The third kappa shape index (κ3) is 3.58. The number of aryl methyl sites for hydroxylation is 1. The maximum absolute atomic E-state index is 10.2. The van der Waals surface area contributed by atoms with Gasteiger partial charge >= 0.3 is 7.12 Å². The van der Waals surface area contributed by atoms with Crippen molar-refractivity contribution in [1.29, 1.82) is 0 Å². The van der Waals surface area contributed by atoms with Crippen LogP contribution in [-0.4, -0.2) is 74.7 Å². The summed E-state index contributed by atoms with van der Waals surface area (Å²) in [5, 5.41) is 57.6. The molecule has 8 heteroatoms. The van der Waals surface area contributed by atoms with Crippen LogP contribution in [0.1, 0.15) is 24.0 Å². The fraction of sp³-hybridized carbons (Fsp3) is 0.600. The van der Waals surface area contributed by atoms with Crippen molar-refractivity contribution in [2.75, 3.05) is 6.61 Å². The average molecular weight is 326 g/mol. The van der Waals surface area contributed by atoms with Crippen LogP contribution >= 0.6 is 0 Å². The summed E-state index contributed by atoms with van der Waals surface area (Å²) in [6.45, 7) is 3.12. The zero-order chi connectivity index (χ0) is 17.3. The van der Waals surface area contributed by atoms with Gasteiger partial charge in [-0.15, -0.1) is 0 Å². The van der Waals surface area contributed by atoms with Gasteiger partial charge < -0.3 is 35.2 Å². The Hall–Kier alpha value is -0.995. The van der Waals surface area contributed by atoms with E-state index in [9.17, 15) is 30.5 Å². The van der Waals surface area contributed by atoms with Gasteiger partial charge in [-0.3, -0.25) is 0 Å². The summed E-state index contributed by atoms with van der Waals surface area (Å²) >= 11 is 0. The van der Waals surface area contributed by atoms with Crippen molar-refractivity contribution < 1.29 is 35.2 Å². The quantitative estimate of drug-likeness (QED) is 0.341. The third-order valence-corrected chi connectivity index (χ3v) is 4.50. The molecule has 1 aromatic carbocycles. The van der Waals surface area contributed by atoms with Gasteiger partial charge in [0.25, 0.3) is 0 Å². The molecular weight excluding hydrogens is 303 g/mol. The molecule has 1 heterocycles. The summed E-state index contributed by atoms with van der Waals surface area (Å²) in [6, 6.07) is 4.89. The third-order valence-electron chi connectivity index (χ3n) is 4.50. The van der Waals surface area contributed by atoms with Crippen LogP contribution < -0.4 is 5.46 Å². The van der Waals surface area contributed by atoms with E-state index < -0.39 is 44.2 Å². The molecule has 1 saturated heterocycles. The van der Waals surface area contributed by atoms with E-state index in [4.69, 9.17) is 4.74 Å². The second-order valence-corrected chi connectivity index (χ2v) is 6.07. The van der Waals surface area contributed by atoms with Gasteiger partial charge in [-0.05, 0) is 23.5 Å². The Morgan fingerprint density at radius 1 is 1.13 bits per heavy atom. The number of rotatable bonds is 4. The first-order valence-electron chi connectivity index (χ1n) is 7.55. The summed E-state index contributed by atoms with van der Waals surface area (Å²) in [5.41, 5.74) is 1.94. The van der Waals surface area contributed by atoms with E-state index >= 15 is 0 Å². The molecule has 3 unspecified atom stereocenters. The van der Waals surface area contributed by atoms with Gasteiger partial charge in [0.2, 0.25) is 0 Å². The Morgan fingerprint density at radius 2 is 1.78 bits per heavy atom. The van der Waals surface area contributed by atoms with Gasteiger partial charge in [0.05, 0.1) is 12.7 Å². The van der Waals surface area contributed by atoms with Gasteiger partial charge in [-0.25, -0.2) is 0 Å². The number of ether oxygens (including phenoxy) is 1. The lowest BCUT2D eigenvalue weighted by Crippen LogP contribution is -2.59. The smallest absolute Gasteiger partial charge is 0.423 e. The molecule has 0 amide bonds. The number of hydrogen-bond donors (Lipinski definition) is 6. The molecule has 0 saturated carbocycles. The lowest BCUT2D eigenvalue weighted by atomic mass is 9.77. The molecule has 23 heavy (non-hydrogen) atoms. The molecule has 0 aliphatic carbocycles. The van der Waals surface area contributed by atoms with Crippen LogP contribution in [0.3, 0.4) is 0 Å². The van der Waals surface area contributed by atoms with Crippen LogP contribution in [0.25, 0.3) is 0 Å². The average Bonchev–Trinajstić information content (AvgIpc) is 2.52. The molecule has 128 valence electrons. The highest BCUT2D eigenvalue weighted by molar-refractivity contribution is 6.58. The lowest BCUT2D eigenvalue weighted by Gasteiger charge is -2.42. The lowest BCUT2D eigenvalue weighted by molar-refractivity contribution is -0.233. The monoisotopic (exact) mass is 326 g/mol. The minimum absolute atomic E-state index is 0.342. The Kier molecular flexibility index (Phi) is 5.80. The first-order chi connectivity index (χ1) is 10.8. The van der Waals surface area contributed by atoms with Crippen LogP contribution in [-0.2, 0) is 4.74 Å². The summed E-state index contributed by atoms with van der Waals surface area (Å²) in [7, 11) is -1.56. The zero-order valence-electron chi connectivity index (χ0n) is 13.1. The zero-order valence-corrected chi connectivity index (χ0v) is 13.1. The molecule has 1 aliphatic rings. The first-order valence-corrected chi connectivity index (χ1v) is 7.55. The van der Waals surface area contributed by atoms with Crippen molar-refractivity contribution in [3.8, 4) is 0 Å². The first kappa shape index (κ1) is 18.3. The molecule has 2 rings (SSSR count). The Labute approximate surface area is 134 Å². The Bertz CT molecular complexity index is 537. The van der Waals surface area contributed by atoms with Gasteiger partial charge in [0.15, 0.2) is 0 Å².